The predicted octanol–water partition coefficient (Wildman–Crippen LogP) is 0.980. The summed E-state index contributed by atoms with van der Waals surface area (Å²) in [4.78, 5) is 0. The number of nitrogens with one attached hydrogen (secondary N) is 1. The van der Waals surface area contributed by atoms with Crippen molar-refractivity contribution >= 4 is 0 Å². The van der Waals surface area contributed by atoms with Gasteiger partial charge in [-0.25, -0.2) is 0 Å². The molecule has 0 atom stereocenters. The van der Waals surface area contributed by atoms with Gasteiger partial charge in [0.2, 0.25) is 0 Å². The fraction of sp³-hybridized carbons (Fsp3) is 0.600. The first-order valence-corrected chi connectivity index (χ1v) is 4.83. The summed E-state index contributed by atoms with van der Waals surface area (Å²) in [7, 11) is 0. The van der Waals surface area contributed by atoms with Crippen molar-refractivity contribution in [3.05, 3.63) is 24.0 Å². The molecule has 0 fully saturated rings. The van der Waals surface area contributed by atoms with Gasteiger partial charge in [0.05, 0.1) is 0 Å². The number of hydrogen-bond acceptors (Lipinski definition) is 2. The Labute approximate surface area is 79.4 Å². The van der Waals surface area contributed by atoms with Crippen LogP contribution in [0.15, 0.2) is 18.5 Å². The minimum atomic E-state index is 0.267. The van der Waals surface area contributed by atoms with E-state index in [0.717, 1.165) is 26.1 Å². The molecule has 3 nitrogen and oxygen atoms in total. The monoisotopic (exact) mass is 182 g/mol. The number of aliphatic hydroxyl groups is 1. The number of aliphatic hydroxyl groups excluding tert-OH is 1. The fourth-order valence-corrected chi connectivity index (χ4v) is 1.23. The van der Waals surface area contributed by atoms with Crippen LogP contribution in [0.4, 0.5) is 0 Å². The van der Waals surface area contributed by atoms with Crippen molar-refractivity contribution in [3.8, 4) is 0 Å². The van der Waals surface area contributed by atoms with Crippen molar-refractivity contribution in [2.24, 2.45) is 0 Å². The highest BCUT2D eigenvalue weighted by molar-refractivity contribution is 5.09. The van der Waals surface area contributed by atoms with E-state index in [0.29, 0.717) is 0 Å². The molecule has 0 amide bonds. The summed E-state index contributed by atoms with van der Waals surface area (Å²) in [5, 5.41) is 11.8. The predicted molar refractivity (Wildman–Crippen MR) is 53.5 cm³/mol. The Balaban J connectivity index is 2.20. The van der Waals surface area contributed by atoms with Gasteiger partial charge in [0.15, 0.2) is 0 Å². The third-order valence-electron chi connectivity index (χ3n) is 2.02. The van der Waals surface area contributed by atoms with E-state index in [-0.39, 0.29) is 6.61 Å². The van der Waals surface area contributed by atoms with E-state index in [1.165, 1.54) is 5.56 Å². The second-order valence-electron chi connectivity index (χ2n) is 3.10. The van der Waals surface area contributed by atoms with Crippen LogP contribution in [-0.2, 0) is 13.1 Å². The number of rotatable bonds is 6. The van der Waals surface area contributed by atoms with E-state index in [9.17, 15) is 0 Å². The number of aromatic nitrogens is 1. The van der Waals surface area contributed by atoms with Crippen LogP contribution in [0.25, 0.3) is 0 Å². The Morgan fingerprint density at radius 3 is 3.00 bits per heavy atom. The molecule has 0 bridgehead atoms. The summed E-state index contributed by atoms with van der Waals surface area (Å²) in [6.07, 6.45) is 5.06. The maximum atomic E-state index is 8.56. The molecule has 1 heterocycles. The second kappa shape index (κ2) is 5.78. The molecule has 0 saturated carbocycles. The molecule has 13 heavy (non-hydrogen) atoms. The number of nitrogens with zero attached hydrogens (tertiary/aromatic N) is 1. The van der Waals surface area contributed by atoms with Crippen molar-refractivity contribution in [2.45, 2.75) is 26.4 Å². The van der Waals surface area contributed by atoms with Crippen LogP contribution in [0.2, 0.25) is 0 Å². The van der Waals surface area contributed by atoms with Gasteiger partial charge in [0.1, 0.15) is 0 Å². The Hall–Kier alpha value is -0.800. The van der Waals surface area contributed by atoms with Crippen molar-refractivity contribution < 1.29 is 5.11 Å². The minimum absolute atomic E-state index is 0.267. The molecule has 1 aromatic heterocycles. The Morgan fingerprint density at radius 2 is 2.38 bits per heavy atom. The Morgan fingerprint density at radius 1 is 1.54 bits per heavy atom. The first kappa shape index (κ1) is 10.3. The van der Waals surface area contributed by atoms with E-state index >= 15 is 0 Å². The number of aryl methyl sites for hydroxylation is 1. The van der Waals surface area contributed by atoms with E-state index in [1.54, 1.807) is 0 Å². The average molecular weight is 182 g/mol. The van der Waals surface area contributed by atoms with Gasteiger partial charge in [0, 0.05) is 32.1 Å². The van der Waals surface area contributed by atoms with E-state index in [2.05, 4.69) is 35.3 Å². The highest BCUT2D eigenvalue weighted by Crippen LogP contribution is 2.00. The van der Waals surface area contributed by atoms with Crippen molar-refractivity contribution in [2.75, 3.05) is 13.2 Å². The van der Waals surface area contributed by atoms with Crippen molar-refractivity contribution in [1.29, 1.82) is 0 Å². The zero-order valence-electron chi connectivity index (χ0n) is 8.16. The first-order chi connectivity index (χ1) is 6.36. The highest BCUT2D eigenvalue weighted by atomic mass is 16.3. The molecule has 0 spiro atoms. The standard InChI is InChI=1S/C10H18N2O/c1-2-12-6-4-10(9-12)8-11-5-3-7-13/h4,6,9,11,13H,2-3,5,7-8H2,1H3. The fourth-order valence-electron chi connectivity index (χ4n) is 1.23. The van der Waals surface area contributed by atoms with Crippen LogP contribution in [-0.4, -0.2) is 22.8 Å². The first-order valence-electron chi connectivity index (χ1n) is 4.83. The molecular formula is C10H18N2O. The molecule has 0 aliphatic carbocycles. The van der Waals surface area contributed by atoms with Gasteiger partial charge < -0.3 is 15.0 Å². The van der Waals surface area contributed by atoms with Gasteiger partial charge in [-0.3, -0.25) is 0 Å². The van der Waals surface area contributed by atoms with Gasteiger partial charge in [-0.1, -0.05) is 0 Å². The van der Waals surface area contributed by atoms with Gasteiger partial charge >= 0.3 is 0 Å². The number of hydrogen-bond donors (Lipinski definition) is 2. The topological polar surface area (TPSA) is 37.2 Å². The van der Waals surface area contributed by atoms with Gasteiger partial charge in [-0.2, -0.15) is 0 Å². The second-order valence-corrected chi connectivity index (χ2v) is 3.10. The zero-order valence-corrected chi connectivity index (χ0v) is 8.16. The molecular weight excluding hydrogens is 164 g/mol. The molecule has 0 saturated heterocycles. The van der Waals surface area contributed by atoms with Crippen LogP contribution in [0.5, 0.6) is 0 Å². The third kappa shape index (κ3) is 3.61. The lowest BCUT2D eigenvalue weighted by Crippen LogP contribution is -2.15. The smallest absolute Gasteiger partial charge is 0.0443 e. The van der Waals surface area contributed by atoms with E-state index < -0.39 is 0 Å². The quantitative estimate of drug-likeness (QED) is 0.643. The molecule has 0 unspecified atom stereocenters. The molecule has 3 heteroatoms. The SMILES string of the molecule is CCn1ccc(CNCCCO)c1. The lowest BCUT2D eigenvalue weighted by Gasteiger charge is -2.00. The molecule has 0 aliphatic heterocycles. The summed E-state index contributed by atoms with van der Waals surface area (Å²) >= 11 is 0. The summed E-state index contributed by atoms with van der Waals surface area (Å²) in [5.41, 5.74) is 1.31. The molecule has 74 valence electrons. The maximum Gasteiger partial charge on any atom is 0.0443 e. The van der Waals surface area contributed by atoms with Crippen molar-refractivity contribution in [3.63, 3.8) is 0 Å². The molecule has 1 aromatic rings. The van der Waals surface area contributed by atoms with Gasteiger partial charge in [-0.05, 0) is 31.5 Å². The summed E-state index contributed by atoms with van der Waals surface area (Å²) in [6.45, 7) is 5.20. The summed E-state index contributed by atoms with van der Waals surface area (Å²) < 4.78 is 2.16. The summed E-state index contributed by atoms with van der Waals surface area (Å²) in [6, 6.07) is 2.12. The van der Waals surface area contributed by atoms with Gasteiger partial charge in [-0.15, -0.1) is 0 Å². The van der Waals surface area contributed by atoms with Crippen LogP contribution in [0.1, 0.15) is 18.9 Å². The average Bonchev–Trinajstić information content (AvgIpc) is 2.60. The Bertz CT molecular complexity index is 233. The molecule has 1 rings (SSSR count). The minimum Gasteiger partial charge on any atom is -0.396 e. The van der Waals surface area contributed by atoms with E-state index in [4.69, 9.17) is 5.11 Å². The molecule has 0 aromatic carbocycles. The Kier molecular flexibility index (Phi) is 4.57. The zero-order chi connectivity index (χ0) is 9.52. The van der Waals surface area contributed by atoms with Crippen LogP contribution < -0.4 is 5.32 Å². The highest BCUT2D eigenvalue weighted by Gasteiger charge is 1.94. The lowest BCUT2D eigenvalue weighted by atomic mass is 10.3. The van der Waals surface area contributed by atoms with Crippen LogP contribution in [0, 0.1) is 0 Å². The molecule has 0 radical (unpaired) electrons. The van der Waals surface area contributed by atoms with E-state index in [1.807, 2.05) is 0 Å². The summed E-state index contributed by atoms with van der Waals surface area (Å²) in [5.74, 6) is 0. The van der Waals surface area contributed by atoms with Crippen LogP contribution >= 0.6 is 0 Å². The van der Waals surface area contributed by atoms with Crippen molar-refractivity contribution in [1.82, 2.24) is 9.88 Å². The van der Waals surface area contributed by atoms with Gasteiger partial charge in [0.25, 0.3) is 0 Å². The molecule has 0 aliphatic rings. The maximum absolute atomic E-state index is 8.56. The third-order valence-corrected chi connectivity index (χ3v) is 2.02. The van der Waals surface area contributed by atoms with Crippen LogP contribution in [0.3, 0.4) is 0 Å². The largest absolute Gasteiger partial charge is 0.396 e. The normalized spacial score (nSPS) is 10.6. The lowest BCUT2D eigenvalue weighted by molar-refractivity contribution is 0.286. The molecule has 2 N–H and O–H groups in total.